The molecule has 1 N–H and O–H groups in total. The number of hydrogen-bond acceptors (Lipinski definition) is 3. The number of rotatable bonds is 2. The fourth-order valence-corrected chi connectivity index (χ4v) is 1.57. The second kappa shape index (κ2) is 3.44. The van der Waals surface area contributed by atoms with Crippen LogP contribution < -0.4 is 5.32 Å². The van der Waals surface area contributed by atoms with Gasteiger partial charge in [-0.1, -0.05) is 18.2 Å². The van der Waals surface area contributed by atoms with Crippen molar-refractivity contribution in [2.45, 2.75) is 13.0 Å². The van der Waals surface area contributed by atoms with Crippen LogP contribution in [0.4, 0.5) is 5.69 Å². The van der Waals surface area contributed by atoms with Gasteiger partial charge >= 0.3 is 0 Å². The molecular weight excluding hydrogens is 180 g/mol. The first-order valence-corrected chi connectivity index (χ1v) is 4.25. The molecule has 14 heavy (non-hydrogen) atoms. The van der Waals surface area contributed by atoms with Crippen LogP contribution in [0, 0.1) is 0 Å². The lowest BCUT2D eigenvalue weighted by Gasteiger charge is -2.03. The summed E-state index contributed by atoms with van der Waals surface area (Å²) in [5.41, 5.74) is 2.63. The van der Waals surface area contributed by atoms with Gasteiger partial charge in [-0.05, 0) is 11.1 Å². The van der Waals surface area contributed by atoms with E-state index >= 15 is 0 Å². The van der Waals surface area contributed by atoms with Gasteiger partial charge < -0.3 is 5.32 Å². The molecule has 0 saturated carbocycles. The van der Waals surface area contributed by atoms with Crippen LogP contribution in [-0.4, -0.2) is 12.0 Å². The van der Waals surface area contributed by atoms with Gasteiger partial charge in [0.05, 0.1) is 13.0 Å². The number of amides is 1. The van der Waals surface area contributed by atoms with E-state index in [0.29, 0.717) is 6.42 Å². The van der Waals surface area contributed by atoms with E-state index in [2.05, 4.69) is 10.3 Å². The van der Waals surface area contributed by atoms with Crippen LogP contribution in [0.3, 0.4) is 0 Å². The van der Waals surface area contributed by atoms with E-state index in [1.165, 1.54) is 6.08 Å². The Morgan fingerprint density at radius 2 is 2.36 bits per heavy atom. The normalized spacial score (nSPS) is 13.0. The van der Waals surface area contributed by atoms with Gasteiger partial charge in [0.25, 0.3) is 0 Å². The van der Waals surface area contributed by atoms with Gasteiger partial charge in [-0.15, -0.1) is 0 Å². The molecule has 1 heterocycles. The van der Waals surface area contributed by atoms with Crippen molar-refractivity contribution in [3.05, 3.63) is 29.3 Å². The SMILES string of the molecule is O=C=NCc1cccc2c1NC(=O)C2. The van der Waals surface area contributed by atoms with Crippen molar-refractivity contribution >= 4 is 17.7 Å². The maximum absolute atomic E-state index is 11.1. The Kier molecular flexibility index (Phi) is 2.13. The Hall–Kier alpha value is -1.93. The summed E-state index contributed by atoms with van der Waals surface area (Å²) in [5, 5.41) is 2.75. The average Bonchev–Trinajstić information content (AvgIpc) is 2.55. The topological polar surface area (TPSA) is 58.5 Å². The van der Waals surface area contributed by atoms with Crippen molar-refractivity contribution in [1.29, 1.82) is 0 Å². The molecule has 0 radical (unpaired) electrons. The second-order valence-electron chi connectivity index (χ2n) is 3.08. The highest BCUT2D eigenvalue weighted by Crippen LogP contribution is 2.27. The molecule has 1 aromatic carbocycles. The zero-order chi connectivity index (χ0) is 9.97. The number of nitrogens with one attached hydrogen (secondary N) is 1. The molecule has 1 aromatic rings. The van der Waals surface area contributed by atoms with Gasteiger partial charge in [0.1, 0.15) is 0 Å². The van der Waals surface area contributed by atoms with Crippen molar-refractivity contribution in [2.24, 2.45) is 4.99 Å². The summed E-state index contributed by atoms with van der Waals surface area (Å²) < 4.78 is 0. The van der Waals surface area contributed by atoms with Crippen molar-refractivity contribution in [1.82, 2.24) is 0 Å². The quantitative estimate of drug-likeness (QED) is 0.556. The van der Waals surface area contributed by atoms with Gasteiger partial charge in [0.15, 0.2) is 0 Å². The van der Waals surface area contributed by atoms with E-state index in [1.807, 2.05) is 18.2 Å². The summed E-state index contributed by atoms with van der Waals surface area (Å²) in [7, 11) is 0. The maximum atomic E-state index is 11.1. The minimum absolute atomic E-state index is 0.0115. The Balaban J connectivity index is 2.38. The fraction of sp³-hybridized carbons (Fsp3) is 0.200. The van der Waals surface area contributed by atoms with Crippen LogP contribution >= 0.6 is 0 Å². The van der Waals surface area contributed by atoms with E-state index < -0.39 is 0 Å². The van der Waals surface area contributed by atoms with Crippen LogP contribution in [0.25, 0.3) is 0 Å². The summed E-state index contributed by atoms with van der Waals surface area (Å²) in [5.74, 6) is -0.0115. The van der Waals surface area contributed by atoms with Crippen molar-refractivity contribution < 1.29 is 9.59 Å². The predicted octanol–water partition coefficient (Wildman–Crippen LogP) is 1.02. The molecule has 0 bridgehead atoms. The number of carbonyl (C=O) groups is 1. The maximum Gasteiger partial charge on any atom is 0.235 e. The monoisotopic (exact) mass is 188 g/mol. The highest BCUT2D eigenvalue weighted by atomic mass is 16.1. The molecule has 1 amide bonds. The summed E-state index contributed by atoms with van der Waals surface area (Å²) in [6, 6.07) is 5.58. The van der Waals surface area contributed by atoms with Crippen LogP contribution in [0.5, 0.6) is 0 Å². The Bertz CT molecular complexity index is 434. The smallest absolute Gasteiger partial charge is 0.235 e. The number of carbonyl (C=O) groups excluding carboxylic acids is 2. The largest absolute Gasteiger partial charge is 0.325 e. The molecule has 0 atom stereocenters. The molecule has 0 aromatic heterocycles. The van der Waals surface area contributed by atoms with Gasteiger partial charge in [0, 0.05) is 5.69 Å². The zero-order valence-corrected chi connectivity index (χ0v) is 7.41. The minimum atomic E-state index is -0.0115. The van der Waals surface area contributed by atoms with E-state index in [4.69, 9.17) is 0 Å². The number of anilines is 1. The molecular formula is C10H8N2O2. The molecule has 0 aliphatic carbocycles. The summed E-state index contributed by atoms with van der Waals surface area (Å²) >= 11 is 0. The van der Waals surface area contributed by atoms with Gasteiger partial charge in [-0.2, -0.15) is 0 Å². The standard InChI is InChI=1S/C10H8N2O2/c13-6-11-5-8-3-1-2-7-4-9(14)12-10(7)8/h1-3H,4-5H2,(H,12,14). The highest BCUT2D eigenvalue weighted by Gasteiger charge is 2.19. The highest BCUT2D eigenvalue weighted by molar-refractivity contribution is 6.00. The molecule has 2 rings (SSSR count). The number of fused-ring (bicyclic) bond motifs is 1. The fourth-order valence-electron chi connectivity index (χ4n) is 1.57. The number of hydrogen-bond donors (Lipinski definition) is 1. The first-order valence-electron chi connectivity index (χ1n) is 4.25. The zero-order valence-electron chi connectivity index (χ0n) is 7.41. The number of nitrogens with zero attached hydrogens (tertiary/aromatic N) is 1. The van der Waals surface area contributed by atoms with E-state index in [1.54, 1.807) is 0 Å². The van der Waals surface area contributed by atoms with Crippen molar-refractivity contribution in [3.63, 3.8) is 0 Å². The predicted molar refractivity (Wildman–Crippen MR) is 50.6 cm³/mol. The molecule has 0 unspecified atom stereocenters. The Morgan fingerprint density at radius 3 is 3.14 bits per heavy atom. The number of para-hydroxylation sites is 1. The second-order valence-corrected chi connectivity index (χ2v) is 3.08. The van der Waals surface area contributed by atoms with E-state index in [9.17, 15) is 9.59 Å². The minimum Gasteiger partial charge on any atom is -0.325 e. The molecule has 1 aliphatic heterocycles. The summed E-state index contributed by atoms with van der Waals surface area (Å²) in [6.07, 6.45) is 1.89. The lowest BCUT2D eigenvalue weighted by molar-refractivity contribution is -0.115. The number of isocyanates is 1. The molecule has 0 saturated heterocycles. The lowest BCUT2D eigenvalue weighted by Crippen LogP contribution is -2.04. The van der Waals surface area contributed by atoms with Crippen LogP contribution in [0.2, 0.25) is 0 Å². The molecule has 4 heteroatoms. The molecule has 0 fully saturated rings. The first-order chi connectivity index (χ1) is 6.81. The lowest BCUT2D eigenvalue weighted by atomic mass is 10.1. The third-order valence-corrected chi connectivity index (χ3v) is 2.17. The summed E-state index contributed by atoms with van der Waals surface area (Å²) in [6.45, 7) is 0.271. The average molecular weight is 188 g/mol. The third kappa shape index (κ3) is 1.43. The van der Waals surface area contributed by atoms with Gasteiger partial charge in [-0.3, -0.25) is 4.79 Å². The number of aliphatic imine (C=N–C) groups is 1. The first kappa shape index (κ1) is 8.66. The third-order valence-electron chi connectivity index (χ3n) is 2.17. The van der Waals surface area contributed by atoms with Crippen molar-refractivity contribution in [2.75, 3.05) is 5.32 Å². The van der Waals surface area contributed by atoms with Crippen LogP contribution in [-0.2, 0) is 22.6 Å². The molecule has 70 valence electrons. The van der Waals surface area contributed by atoms with Gasteiger partial charge in [0.2, 0.25) is 12.0 Å². The molecule has 1 aliphatic rings. The Morgan fingerprint density at radius 1 is 1.50 bits per heavy atom. The van der Waals surface area contributed by atoms with Gasteiger partial charge in [-0.25, -0.2) is 9.79 Å². The van der Waals surface area contributed by atoms with E-state index in [0.717, 1.165) is 16.8 Å². The van der Waals surface area contributed by atoms with E-state index in [-0.39, 0.29) is 12.5 Å². The molecule has 4 nitrogen and oxygen atoms in total. The van der Waals surface area contributed by atoms with Crippen molar-refractivity contribution in [3.8, 4) is 0 Å². The Labute approximate surface area is 80.7 Å². The van der Waals surface area contributed by atoms with Crippen LogP contribution in [0.15, 0.2) is 23.2 Å². The summed E-state index contributed by atoms with van der Waals surface area (Å²) in [4.78, 5) is 24.6. The molecule has 0 spiro atoms. The van der Waals surface area contributed by atoms with Crippen LogP contribution in [0.1, 0.15) is 11.1 Å². The number of benzene rings is 1.